The molecule has 0 radical (unpaired) electrons. The van der Waals surface area contributed by atoms with Gasteiger partial charge in [0.25, 0.3) is 5.91 Å². The third-order valence-corrected chi connectivity index (χ3v) is 3.49. The maximum atomic E-state index is 12.9. The van der Waals surface area contributed by atoms with Crippen molar-refractivity contribution in [2.45, 2.75) is 18.9 Å². The molecular weight excluding hydrogens is 245 g/mol. The molecule has 1 atom stereocenters. The second kappa shape index (κ2) is 4.84. The van der Waals surface area contributed by atoms with Gasteiger partial charge in [-0.2, -0.15) is 5.10 Å². The summed E-state index contributed by atoms with van der Waals surface area (Å²) in [6, 6.07) is 7.62. The summed E-state index contributed by atoms with van der Waals surface area (Å²) in [5, 5.41) is 6.85. The normalized spacial score (nSPS) is 18.8. The number of hydrogen-bond acceptors (Lipinski definition) is 2. The number of benzene rings is 1. The number of aromatic amines is 1. The highest BCUT2D eigenvalue weighted by atomic mass is 19.1. The zero-order chi connectivity index (χ0) is 13.2. The molecule has 1 N–H and O–H groups in total. The summed E-state index contributed by atoms with van der Waals surface area (Å²) in [7, 11) is 0. The van der Waals surface area contributed by atoms with Crippen LogP contribution in [0.4, 0.5) is 4.39 Å². The molecule has 5 heteroatoms. The van der Waals surface area contributed by atoms with E-state index in [0.29, 0.717) is 5.56 Å². The van der Waals surface area contributed by atoms with E-state index in [-0.39, 0.29) is 17.8 Å². The lowest BCUT2D eigenvalue weighted by Gasteiger charge is -2.23. The summed E-state index contributed by atoms with van der Waals surface area (Å²) in [6.07, 6.45) is 3.58. The molecule has 1 fully saturated rings. The van der Waals surface area contributed by atoms with E-state index < -0.39 is 0 Å². The third-order valence-electron chi connectivity index (χ3n) is 3.49. The number of rotatable bonds is 2. The van der Waals surface area contributed by atoms with Crippen molar-refractivity contribution < 1.29 is 9.18 Å². The minimum atomic E-state index is -0.330. The lowest BCUT2D eigenvalue weighted by Crippen LogP contribution is -2.30. The van der Waals surface area contributed by atoms with Crippen LogP contribution in [0, 0.1) is 5.82 Å². The van der Waals surface area contributed by atoms with E-state index in [9.17, 15) is 9.18 Å². The predicted octanol–water partition coefficient (Wildman–Crippen LogP) is 2.53. The van der Waals surface area contributed by atoms with Crippen molar-refractivity contribution in [2.24, 2.45) is 0 Å². The van der Waals surface area contributed by atoms with Crippen LogP contribution in [-0.4, -0.2) is 27.5 Å². The van der Waals surface area contributed by atoms with Gasteiger partial charge in [-0.3, -0.25) is 9.89 Å². The molecule has 3 rings (SSSR count). The van der Waals surface area contributed by atoms with Gasteiger partial charge in [0.1, 0.15) is 5.82 Å². The molecule has 1 saturated heterocycles. The van der Waals surface area contributed by atoms with Crippen LogP contribution in [0.15, 0.2) is 36.5 Å². The van der Waals surface area contributed by atoms with Crippen molar-refractivity contribution in [3.8, 4) is 0 Å². The van der Waals surface area contributed by atoms with Crippen LogP contribution < -0.4 is 0 Å². The van der Waals surface area contributed by atoms with Crippen LogP contribution >= 0.6 is 0 Å². The summed E-state index contributed by atoms with van der Waals surface area (Å²) < 4.78 is 12.9. The Bertz CT molecular complexity index is 565. The largest absolute Gasteiger partial charge is 0.330 e. The van der Waals surface area contributed by atoms with Crippen LogP contribution in [0.3, 0.4) is 0 Å². The highest BCUT2D eigenvalue weighted by Crippen LogP contribution is 2.31. The Morgan fingerprint density at radius 2 is 2.11 bits per heavy atom. The third kappa shape index (κ3) is 2.23. The highest BCUT2D eigenvalue weighted by Gasteiger charge is 2.31. The molecule has 0 unspecified atom stereocenters. The average molecular weight is 259 g/mol. The SMILES string of the molecule is O=C(c1ccc(F)cc1)N1CCC[C@H]1c1ccn[nH]1. The van der Waals surface area contributed by atoms with Crippen molar-refractivity contribution >= 4 is 5.91 Å². The number of carbonyl (C=O) groups excluding carboxylic acids is 1. The van der Waals surface area contributed by atoms with Gasteiger partial charge in [-0.25, -0.2) is 4.39 Å². The monoisotopic (exact) mass is 259 g/mol. The second-order valence-corrected chi connectivity index (χ2v) is 4.68. The second-order valence-electron chi connectivity index (χ2n) is 4.68. The van der Waals surface area contributed by atoms with Crippen LogP contribution in [0.25, 0.3) is 0 Å². The molecule has 98 valence electrons. The fourth-order valence-corrected chi connectivity index (χ4v) is 2.54. The summed E-state index contributed by atoms with van der Waals surface area (Å²) in [5.74, 6) is -0.389. The molecule has 0 aliphatic carbocycles. The molecule has 19 heavy (non-hydrogen) atoms. The number of likely N-dealkylation sites (tertiary alicyclic amines) is 1. The Labute approximate surface area is 110 Å². The number of amides is 1. The summed E-state index contributed by atoms with van der Waals surface area (Å²) >= 11 is 0. The van der Waals surface area contributed by atoms with Crippen LogP contribution in [0.2, 0.25) is 0 Å². The van der Waals surface area contributed by atoms with Crippen LogP contribution in [0.5, 0.6) is 0 Å². The van der Waals surface area contributed by atoms with Gasteiger partial charge in [0.05, 0.1) is 11.7 Å². The Hall–Kier alpha value is -2.17. The molecule has 2 heterocycles. The molecule has 0 saturated carbocycles. The number of aromatic nitrogens is 2. The van der Waals surface area contributed by atoms with E-state index in [0.717, 1.165) is 25.1 Å². The first kappa shape index (κ1) is 11.9. The van der Waals surface area contributed by atoms with Gasteiger partial charge >= 0.3 is 0 Å². The number of H-pyrrole nitrogens is 1. The minimum Gasteiger partial charge on any atom is -0.330 e. The standard InChI is InChI=1S/C14H14FN3O/c15-11-5-3-10(4-6-11)14(19)18-9-1-2-13(18)12-7-8-16-17-12/h3-8,13H,1-2,9H2,(H,16,17)/t13-/m0/s1. The lowest BCUT2D eigenvalue weighted by atomic mass is 10.1. The van der Waals surface area contributed by atoms with Gasteiger partial charge in [0.15, 0.2) is 0 Å². The first-order valence-corrected chi connectivity index (χ1v) is 6.31. The number of hydrogen-bond donors (Lipinski definition) is 1. The molecular formula is C14H14FN3O. The molecule has 1 aromatic heterocycles. The highest BCUT2D eigenvalue weighted by molar-refractivity contribution is 5.94. The van der Waals surface area contributed by atoms with E-state index in [4.69, 9.17) is 0 Å². The maximum Gasteiger partial charge on any atom is 0.254 e. The quantitative estimate of drug-likeness (QED) is 0.901. The smallest absolute Gasteiger partial charge is 0.254 e. The maximum absolute atomic E-state index is 12.9. The van der Waals surface area contributed by atoms with Crippen LogP contribution in [-0.2, 0) is 0 Å². The van der Waals surface area contributed by atoms with Crippen molar-refractivity contribution in [1.82, 2.24) is 15.1 Å². The number of nitrogens with one attached hydrogen (secondary N) is 1. The Morgan fingerprint density at radius 3 is 2.79 bits per heavy atom. The molecule has 1 aliphatic heterocycles. The molecule has 1 aliphatic rings. The minimum absolute atomic E-state index is 0.0417. The van der Waals surface area contributed by atoms with Gasteiger partial charge in [0, 0.05) is 18.3 Å². The first-order valence-electron chi connectivity index (χ1n) is 6.31. The number of nitrogens with zero attached hydrogens (tertiary/aromatic N) is 2. The van der Waals surface area contributed by atoms with Gasteiger partial charge in [0.2, 0.25) is 0 Å². The summed E-state index contributed by atoms with van der Waals surface area (Å²) in [4.78, 5) is 14.3. The van der Waals surface area contributed by atoms with Crippen molar-refractivity contribution in [3.63, 3.8) is 0 Å². The first-order chi connectivity index (χ1) is 9.25. The lowest BCUT2D eigenvalue weighted by molar-refractivity contribution is 0.0733. The average Bonchev–Trinajstić information content (AvgIpc) is 3.09. The van der Waals surface area contributed by atoms with Gasteiger partial charge in [-0.15, -0.1) is 0 Å². The fraction of sp³-hybridized carbons (Fsp3) is 0.286. The van der Waals surface area contributed by atoms with Crippen LogP contribution in [0.1, 0.15) is 34.9 Å². The number of carbonyl (C=O) groups is 1. The summed E-state index contributed by atoms with van der Waals surface area (Å²) in [6.45, 7) is 0.722. The van der Waals surface area contributed by atoms with E-state index >= 15 is 0 Å². The molecule has 2 aromatic rings. The zero-order valence-electron chi connectivity index (χ0n) is 10.3. The topological polar surface area (TPSA) is 49.0 Å². The zero-order valence-corrected chi connectivity index (χ0v) is 10.3. The fourth-order valence-electron chi connectivity index (χ4n) is 2.54. The van der Waals surface area contributed by atoms with Crippen molar-refractivity contribution in [3.05, 3.63) is 53.6 Å². The van der Waals surface area contributed by atoms with Crippen molar-refractivity contribution in [1.29, 1.82) is 0 Å². The summed E-state index contributed by atoms with van der Waals surface area (Å²) in [5.41, 5.74) is 1.47. The van der Waals surface area contributed by atoms with E-state index in [1.165, 1.54) is 24.3 Å². The molecule has 0 bridgehead atoms. The molecule has 1 aromatic carbocycles. The van der Waals surface area contributed by atoms with Gasteiger partial charge in [-0.05, 0) is 43.2 Å². The van der Waals surface area contributed by atoms with E-state index in [1.807, 2.05) is 11.0 Å². The van der Waals surface area contributed by atoms with Crippen molar-refractivity contribution in [2.75, 3.05) is 6.54 Å². The Balaban J connectivity index is 1.84. The van der Waals surface area contributed by atoms with Gasteiger partial charge in [-0.1, -0.05) is 0 Å². The van der Waals surface area contributed by atoms with E-state index in [2.05, 4.69) is 10.2 Å². The Kier molecular flexibility index (Phi) is 3.03. The molecule has 4 nitrogen and oxygen atoms in total. The molecule has 1 amide bonds. The van der Waals surface area contributed by atoms with Gasteiger partial charge < -0.3 is 4.90 Å². The molecule has 0 spiro atoms. The van der Waals surface area contributed by atoms with E-state index in [1.54, 1.807) is 6.20 Å². The Morgan fingerprint density at radius 1 is 1.32 bits per heavy atom. The number of halogens is 1. The predicted molar refractivity (Wildman–Crippen MR) is 68.0 cm³/mol.